The van der Waals surface area contributed by atoms with Gasteiger partial charge in [-0.3, -0.25) is 9.59 Å². The van der Waals surface area contributed by atoms with Gasteiger partial charge in [0.25, 0.3) is 5.91 Å². The number of hydrogen-bond donors (Lipinski definition) is 0. The quantitative estimate of drug-likeness (QED) is 0.822. The maximum atomic E-state index is 13.4. The summed E-state index contributed by atoms with van der Waals surface area (Å²) in [6.07, 6.45) is 1.31. The van der Waals surface area contributed by atoms with Crippen LogP contribution in [0.5, 0.6) is 0 Å². The Kier molecular flexibility index (Phi) is 4.69. The van der Waals surface area contributed by atoms with E-state index in [9.17, 15) is 14.4 Å². The van der Waals surface area contributed by atoms with E-state index in [0.29, 0.717) is 12.0 Å². The molecule has 2 unspecified atom stereocenters. The van der Waals surface area contributed by atoms with Gasteiger partial charge < -0.3 is 9.64 Å². The Morgan fingerprint density at radius 1 is 1.04 bits per heavy atom. The molecule has 4 rings (SSSR count). The predicted octanol–water partition coefficient (Wildman–Crippen LogP) is 2.50. The predicted molar refractivity (Wildman–Crippen MR) is 103 cm³/mol. The van der Waals surface area contributed by atoms with Crippen molar-refractivity contribution in [2.24, 2.45) is 0 Å². The fraction of sp³-hybridized carbons (Fsp3) is 0.227. The maximum Gasteiger partial charge on any atom is 0.417 e. The molecule has 2 aliphatic rings. The number of likely N-dealkylation sites (N-methyl/N-ethyl adjacent to an activating group) is 1. The molecule has 2 aromatic rings. The molecule has 2 aromatic carbocycles. The van der Waals surface area contributed by atoms with Gasteiger partial charge >= 0.3 is 6.09 Å². The zero-order valence-corrected chi connectivity index (χ0v) is 15.4. The van der Waals surface area contributed by atoms with Gasteiger partial charge in [-0.2, -0.15) is 0 Å². The fourth-order valence-corrected chi connectivity index (χ4v) is 3.72. The smallest absolute Gasteiger partial charge is 0.417 e. The second-order valence-corrected chi connectivity index (χ2v) is 6.95. The second kappa shape index (κ2) is 7.31. The zero-order valence-electron chi connectivity index (χ0n) is 15.4. The molecule has 2 aliphatic heterocycles. The first-order valence-corrected chi connectivity index (χ1v) is 9.14. The topological polar surface area (TPSA) is 66.9 Å². The molecule has 0 radical (unpaired) electrons. The number of hydrogen-bond acceptors (Lipinski definition) is 4. The van der Waals surface area contributed by atoms with Crippen molar-refractivity contribution in [3.05, 3.63) is 77.9 Å². The normalized spacial score (nSPS) is 21.7. The lowest BCUT2D eigenvalue weighted by Gasteiger charge is -2.28. The number of benzene rings is 2. The summed E-state index contributed by atoms with van der Waals surface area (Å²) in [6, 6.07) is 17.7. The molecule has 6 nitrogen and oxygen atoms in total. The van der Waals surface area contributed by atoms with Crippen LogP contribution in [0.3, 0.4) is 0 Å². The molecule has 0 spiro atoms. The van der Waals surface area contributed by atoms with Gasteiger partial charge in [-0.05, 0) is 23.1 Å². The summed E-state index contributed by atoms with van der Waals surface area (Å²) in [6.45, 7) is 0.147. The van der Waals surface area contributed by atoms with Crippen LogP contribution in [0.25, 0.3) is 5.57 Å². The molecule has 1 saturated heterocycles. The Morgan fingerprint density at radius 3 is 2.36 bits per heavy atom. The number of carbonyl (C=O) groups excluding carboxylic acids is 3. The van der Waals surface area contributed by atoms with E-state index < -0.39 is 24.1 Å². The van der Waals surface area contributed by atoms with E-state index in [-0.39, 0.29) is 12.5 Å². The van der Waals surface area contributed by atoms with Crippen LogP contribution in [0.2, 0.25) is 0 Å². The number of ether oxygens (including phenoxy) is 1. The van der Waals surface area contributed by atoms with E-state index in [1.54, 1.807) is 7.05 Å². The van der Waals surface area contributed by atoms with Crippen LogP contribution < -0.4 is 0 Å². The molecular weight excluding hydrogens is 356 g/mol. The van der Waals surface area contributed by atoms with Crippen molar-refractivity contribution in [3.8, 4) is 0 Å². The molecular formula is C22H20N2O4. The van der Waals surface area contributed by atoms with Gasteiger partial charge in [0.05, 0.1) is 6.04 Å². The molecule has 3 amide bonds. The Balaban J connectivity index is 1.63. The fourth-order valence-electron chi connectivity index (χ4n) is 3.72. The maximum absolute atomic E-state index is 13.4. The SMILES string of the molecule is CN1C(=O)C=C(c2ccccc2)C1C(=O)N1C(=O)OCC1Cc1ccccc1. The average molecular weight is 376 g/mol. The summed E-state index contributed by atoms with van der Waals surface area (Å²) in [5, 5.41) is 0. The van der Waals surface area contributed by atoms with Crippen molar-refractivity contribution < 1.29 is 19.1 Å². The third-order valence-corrected chi connectivity index (χ3v) is 5.16. The van der Waals surface area contributed by atoms with E-state index in [4.69, 9.17) is 4.74 Å². The van der Waals surface area contributed by atoms with Crippen LogP contribution in [-0.2, 0) is 20.7 Å². The second-order valence-electron chi connectivity index (χ2n) is 6.95. The van der Waals surface area contributed by atoms with Gasteiger partial charge in [0.15, 0.2) is 0 Å². The molecule has 1 fully saturated rings. The number of nitrogens with zero attached hydrogens (tertiary/aromatic N) is 2. The minimum Gasteiger partial charge on any atom is -0.447 e. The Hall–Kier alpha value is -3.41. The summed E-state index contributed by atoms with van der Waals surface area (Å²) in [5.41, 5.74) is 2.39. The first-order chi connectivity index (χ1) is 13.6. The first kappa shape index (κ1) is 18.0. The zero-order chi connectivity index (χ0) is 19.7. The molecule has 0 aromatic heterocycles. The van der Waals surface area contributed by atoms with Gasteiger partial charge in [-0.25, -0.2) is 9.69 Å². The molecule has 6 heteroatoms. The summed E-state index contributed by atoms with van der Waals surface area (Å²) in [4.78, 5) is 40.6. The lowest BCUT2D eigenvalue weighted by Crippen LogP contribution is -2.50. The van der Waals surface area contributed by atoms with Crippen LogP contribution in [0, 0.1) is 0 Å². The summed E-state index contributed by atoms with van der Waals surface area (Å²) >= 11 is 0. The minimum atomic E-state index is -0.848. The highest BCUT2D eigenvalue weighted by molar-refractivity contribution is 6.13. The van der Waals surface area contributed by atoms with Gasteiger partial charge in [0.1, 0.15) is 12.6 Å². The van der Waals surface area contributed by atoms with Crippen molar-refractivity contribution >= 4 is 23.5 Å². The largest absolute Gasteiger partial charge is 0.447 e. The van der Waals surface area contributed by atoms with Crippen LogP contribution >= 0.6 is 0 Å². The number of carbonyl (C=O) groups is 3. The third-order valence-electron chi connectivity index (χ3n) is 5.16. The average Bonchev–Trinajstić information content (AvgIpc) is 3.22. The van der Waals surface area contributed by atoms with Crippen molar-refractivity contribution in [3.63, 3.8) is 0 Å². The van der Waals surface area contributed by atoms with E-state index in [1.807, 2.05) is 60.7 Å². The van der Waals surface area contributed by atoms with E-state index in [1.165, 1.54) is 15.9 Å². The highest BCUT2D eigenvalue weighted by Crippen LogP contribution is 2.31. The molecule has 28 heavy (non-hydrogen) atoms. The Bertz CT molecular complexity index is 940. The van der Waals surface area contributed by atoms with Crippen molar-refractivity contribution in [1.29, 1.82) is 0 Å². The molecule has 0 bridgehead atoms. The van der Waals surface area contributed by atoms with Gasteiger partial charge in [-0.15, -0.1) is 0 Å². The van der Waals surface area contributed by atoms with E-state index in [0.717, 1.165) is 11.1 Å². The summed E-state index contributed by atoms with van der Waals surface area (Å²) < 4.78 is 5.18. The standard InChI is InChI=1S/C22H20N2O4/c1-23-19(25)13-18(16-10-6-3-7-11-16)20(23)21(26)24-17(14-28-22(24)27)12-15-8-4-2-5-9-15/h2-11,13,17,20H,12,14H2,1H3. The lowest BCUT2D eigenvalue weighted by atomic mass is 9.98. The molecule has 2 atom stereocenters. The summed E-state index contributed by atoms with van der Waals surface area (Å²) in [7, 11) is 1.57. The third kappa shape index (κ3) is 3.17. The minimum absolute atomic E-state index is 0.147. The Morgan fingerprint density at radius 2 is 1.68 bits per heavy atom. The van der Waals surface area contributed by atoms with Gasteiger partial charge in [0.2, 0.25) is 5.91 Å². The van der Waals surface area contributed by atoms with Crippen LogP contribution in [-0.4, -0.2) is 53.4 Å². The first-order valence-electron chi connectivity index (χ1n) is 9.14. The molecule has 142 valence electrons. The van der Waals surface area contributed by atoms with E-state index in [2.05, 4.69) is 0 Å². The summed E-state index contributed by atoms with van der Waals surface area (Å²) in [5.74, 6) is -0.698. The Labute approximate surface area is 163 Å². The van der Waals surface area contributed by atoms with Crippen LogP contribution in [0.15, 0.2) is 66.7 Å². The van der Waals surface area contributed by atoms with E-state index >= 15 is 0 Å². The number of amides is 3. The molecule has 0 saturated carbocycles. The highest BCUT2D eigenvalue weighted by atomic mass is 16.6. The van der Waals surface area contributed by atoms with Gasteiger partial charge in [-0.1, -0.05) is 60.7 Å². The molecule has 0 aliphatic carbocycles. The van der Waals surface area contributed by atoms with Crippen molar-refractivity contribution in [1.82, 2.24) is 9.80 Å². The lowest BCUT2D eigenvalue weighted by molar-refractivity contribution is -0.137. The van der Waals surface area contributed by atoms with Crippen molar-refractivity contribution in [2.45, 2.75) is 18.5 Å². The molecule has 2 heterocycles. The monoisotopic (exact) mass is 376 g/mol. The van der Waals surface area contributed by atoms with Crippen LogP contribution in [0.4, 0.5) is 4.79 Å². The van der Waals surface area contributed by atoms with Crippen molar-refractivity contribution in [2.75, 3.05) is 13.7 Å². The number of cyclic esters (lactones) is 1. The molecule has 0 N–H and O–H groups in total. The number of imide groups is 1. The number of rotatable bonds is 4. The van der Waals surface area contributed by atoms with Crippen LogP contribution in [0.1, 0.15) is 11.1 Å². The van der Waals surface area contributed by atoms with Gasteiger partial charge in [0, 0.05) is 13.1 Å². The highest BCUT2D eigenvalue weighted by Gasteiger charge is 2.46.